The van der Waals surface area contributed by atoms with Gasteiger partial charge in [-0.05, 0) is 24.5 Å². The molecular formula is C16H22ClN3O4S. The number of nitrogens with two attached hydrogens (primary N) is 1. The number of sulfonamides is 1. The number of piperidine rings is 1. The molecule has 1 fully saturated rings. The third-order valence-corrected chi connectivity index (χ3v) is 5.90. The lowest BCUT2D eigenvalue weighted by Gasteiger charge is -2.32. The SMILES string of the molecule is CS(=O)(=O)N(CC(=O)N1CCC(C(N)=O)CC1)Cc1ccccc1Cl. The summed E-state index contributed by atoms with van der Waals surface area (Å²) in [6, 6.07) is 6.92. The number of benzene rings is 1. The van der Waals surface area contributed by atoms with Crippen LogP contribution in [-0.4, -0.2) is 55.3 Å². The minimum Gasteiger partial charge on any atom is -0.369 e. The smallest absolute Gasteiger partial charge is 0.237 e. The van der Waals surface area contributed by atoms with E-state index in [0.717, 1.165) is 10.6 Å². The lowest BCUT2D eigenvalue weighted by Crippen LogP contribution is -2.46. The predicted molar refractivity (Wildman–Crippen MR) is 95.2 cm³/mol. The van der Waals surface area contributed by atoms with Crippen molar-refractivity contribution in [2.45, 2.75) is 19.4 Å². The fourth-order valence-electron chi connectivity index (χ4n) is 2.77. The summed E-state index contributed by atoms with van der Waals surface area (Å²) in [4.78, 5) is 25.2. The molecular weight excluding hydrogens is 366 g/mol. The molecule has 2 amide bonds. The van der Waals surface area contributed by atoms with Crippen molar-refractivity contribution in [1.29, 1.82) is 0 Å². The highest BCUT2D eigenvalue weighted by molar-refractivity contribution is 7.88. The molecule has 0 bridgehead atoms. The number of likely N-dealkylation sites (tertiary alicyclic amines) is 1. The lowest BCUT2D eigenvalue weighted by atomic mass is 9.96. The standard InChI is InChI=1S/C16H22ClN3O4S/c1-25(23,24)20(10-13-4-2-3-5-14(13)17)11-15(21)19-8-6-12(7-9-19)16(18)22/h2-5,12H,6-11H2,1H3,(H2,18,22). The number of amides is 2. The quantitative estimate of drug-likeness (QED) is 0.780. The van der Waals surface area contributed by atoms with E-state index in [9.17, 15) is 18.0 Å². The van der Waals surface area contributed by atoms with Gasteiger partial charge in [-0.15, -0.1) is 0 Å². The van der Waals surface area contributed by atoms with Gasteiger partial charge >= 0.3 is 0 Å². The molecule has 0 aromatic heterocycles. The number of halogens is 1. The number of rotatable bonds is 6. The summed E-state index contributed by atoms with van der Waals surface area (Å²) in [7, 11) is -3.58. The zero-order valence-electron chi connectivity index (χ0n) is 14.0. The molecule has 0 radical (unpaired) electrons. The molecule has 9 heteroatoms. The molecule has 1 heterocycles. The number of hydrogen-bond donors (Lipinski definition) is 1. The maximum absolute atomic E-state index is 12.5. The third kappa shape index (κ3) is 5.42. The van der Waals surface area contributed by atoms with Gasteiger partial charge in [0.25, 0.3) is 0 Å². The van der Waals surface area contributed by atoms with Crippen LogP contribution in [-0.2, 0) is 26.2 Å². The largest absolute Gasteiger partial charge is 0.369 e. The van der Waals surface area contributed by atoms with E-state index in [1.807, 2.05) is 0 Å². The summed E-state index contributed by atoms with van der Waals surface area (Å²) in [6.45, 7) is 0.569. The first kappa shape index (κ1) is 19.7. The van der Waals surface area contributed by atoms with Gasteiger partial charge < -0.3 is 10.6 Å². The van der Waals surface area contributed by atoms with Crippen LogP contribution in [0.25, 0.3) is 0 Å². The predicted octanol–water partition coefficient (Wildman–Crippen LogP) is 0.825. The van der Waals surface area contributed by atoms with Crippen molar-refractivity contribution in [1.82, 2.24) is 9.21 Å². The first-order valence-electron chi connectivity index (χ1n) is 7.94. The van der Waals surface area contributed by atoms with Crippen LogP contribution in [0.4, 0.5) is 0 Å². The minimum absolute atomic E-state index is 0.0298. The Bertz CT molecular complexity index is 746. The van der Waals surface area contributed by atoms with E-state index in [1.54, 1.807) is 29.2 Å². The fourth-order valence-corrected chi connectivity index (χ4v) is 3.69. The Morgan fingerprint density at radius 3 is 2.40 bits per heavy atom. The molecule has 1 aliphatic rings. The van der Waals surface area contributed by atoms with Crippen molar-refractivity contribution in [2.24, 2.45) is 11.7 Å². The van der Waals surface area contributed by atoms with Gasteiger partial charge in [0.1, 0.15) is 0 Å². The van der Waals surface area contributed by atoms with E-state index < -0.39 is 10.0 Å². The number of carbonyl (C=O) groups is 2. The van der Waals surface area contributed by atoms with Crippen LogP contribution in [0.2, 0.25) is 5.02 Å². The summed E-state index contributed by atoms with van der Waals surface area (Å²) in [5.74, 6) is -0.873. The van der Waals surface area contributed by atoms with Crippen LogP contribution in [0.15, 0.2) is 24.3 Å². The maximum atomic E-state index is 12.5. The summed E-state index contributed by atoms with van der Waals surface area (Å²) in [5, 5.41) is 0.450. The lowest BCUT2D eigenvalue weighted by molar-refractivity contribution is -0.135. The Kier molecular flexibility index (Phi) is 6.42. The Hall–Kier alpha value is -1.64. The van der Waals surface area contributed by atoms with Crippen molar-refractivity contribution in [3.05, 3.63) is 34.9 Å². The highest BCUT2D eigenvalue weighted by Gasteiger charge is 2.29. The van der Waals surface area contributed by atoms with E-state index in [1.165, 1.54) is 0 Å². The molecule has 1 aliphatic heterocycles. The second-order valence-corrected chi connectivity index (χ2v) is 8.57. The molecule has 1 saturated heterocycles. The molecule has 0 atom stereocenters. The number of hydrogen-bond acceptors (Lipinski definition) is 4. The van der Waals surface area contributed by atoms with E-state index in [0.29, 0.717) is 36.5 Å². The van der Waals surface area contributed by atoms with Gasteiger partial charge in [0.15, 0.2) is 0 Å². The summed E-state index contributed by atoms with van der Waals surface area (Å²) >= 11 is 6.09. The summed E-state index contributed by atoms with van der Waals surface area (Å²) in [5.41, 5.74) is 5.92. The van der Waals surface area contributed by atoms with Gasteiger partial charge in [-0.25, -0.2) is 8.42 Å². The molecule has 1 aromatic carbocycles. The second kappa shape index (κ2) is 8.16. The summed E-state index contributed by atoms with van der Waals surface area (Å²) < 4.78 is 25.2. The Balaban J connectivity index is 2.04. The average molecular weight is 388 g/mol. The molecule has 2 N–H and O–H groups in total. The van der Waals surface area contributed by atoms with Crippen LogP contribution in [0.1, 0.15) is 18.4 Å². The van der Waals surface area contributed by atoms with Crippen LogP contribution >= 0.6 is 11.6 Å². The molecule has 2 rings (SSSR count). The van der Waals surface area contributed by atoms with E-state index >= 15 is 0 Å². The zero-order valence-corrected chi connectivity index (χ0v) is 15.6. The van der Waals surface area contributed by atoms with Crippen LogP contribution < -0.4 is 5.73 Å². The van der Waals surface area contributed by atoms with E-state index in [2.05, 4.69) is 0 Å². The topological polar surface area (TPSA) is 101 Å². The van der Waals surface area contributed by atoms with Crippen molar-refractivity contribution in [3.63, 3.8) is 0 Å². The first-order chi connectivity index (χ1) is 11.7. The number of primary amides is 1. The molecule has 138 valence electrons. The number of carbonyl (C=O) groups excluding carboxylic acids is 2. The zero-order chi connectivity index (χ0) is 18.6. The van der Waals surface area contributed by atoms with Crippen molar-refractivity contribution < 1.29 is 18.0 Å². The molecule has 0 unspecified atom stereocenters. The Morgan fingerprint density at radius 2 is 1.88 bits per heavy atom. The molecule has 1 aromatic rings. The Morgan fingerprint density at radius 1 is 1.28 bits per heavy atom. The van der Waals surface area contributed by atoms with E-state index in [-0.39, 0.29) is 30.8 Å². The van der Waals surface area contributed by atoms with Crippen molar-refractivity contribution in [2.75, 3.05) is 25.9 Å². The van der Waals surface area contributed by atoms with Crippen molar-refractivity contribution in [3.8, 4) is 0 Å². The summed E-state index contributed by atoms with van der Waals surface area (Å²) in [6.07, 6.45) is 2.07. The number of nitrogens with zero attached hydrogens (tertiary/aromatic N) is 2. The van der Waals surface area contributed by atoms with Crippen LogP contribution in [0.5, 0.6) is 0 Å². The van der Waals surface area contributed by atoms with Gasteiger partial charge in [-0.3, -0.25) is 9.59 Å². The second-order valence-electron chi connectivity index (χ2n) is 6.18. The molecule has 0 aliphatic carbocycles. The van der Waals surface area contributed by atoms with Gasteiger partial charge in [-0.1, -0.05) is 29.8 Å². The van der Waals surface area contributed by atoms with Gasteiger partial charge in [-0.2, -0.15) is 4.31 Å². The van der Waals surface area contributed by atoms with Crippen molar-refractivity contribution >= 4 is 33.4 Å². The fraction of sp³-hybridized carbons (Fsp3) is 0.500. The maximum Gasteiger partial charge on any atom is 0.237 e. The van der Waals surface area contributed by atoms with Gasteiger partial charge in [0.2, 0.25) is 21.8 Å². The first-order valence-corrected chi connectivity index (χ1v) is 10.2. The molecule has 25 heavy (non-hydrogen) atoms. The Labute approximate surface area is 152 Å². The third-order valence-electron chi connectivity index (χ3n) is 4.34. The van der Waals surface area contributed by atoms with Crippen LogP contribution in [0, 0.1) is 5.92 Å². The normalized spacial score (nSPS) is 16.2. The van der Waals surface area contributed by atoms with E-state index in [4.69, 9.17) is 17.3 Å². The highest BCUT2D eigenvalue weighted by atomic mass is 35.5. The van der Waals surface area contributed by atoms with Gasteiger partial charge in [0, 0.05) is 30.6 Å². The van der Waals surface area contributed by atoms with Gasteiger partial charge in [0.05, 0.1) is 12.8 Å². The monoisotopic (exact) mass is 387 g/mol. The average Bonchev–Trinajstić information content (AvgIpc) is 2.55. The molecule has 0 spiro atoms. The minimum atomic E-state index is -3.58. The molecule has 0 saturated carbocycles. The highest BCUT2D eigenvalue weighted by Crippen LogP contribution is 2.20. The molecule has 7 nitrogen and oxygen atoms in total. The van der Waals surface area contributed by atoms with Crippen LogP contribution in [0.3, 0.4) is 0 Å².